The molecule has 0 saturated carbocycles. The predicted octanol–water partition coefficient (Wildman–Crippen LogP) is 3.14. The Bertz CT molecular complexity index is 418. The van der Waals surface area contributed by atoms with Crippen LogP contribution in [0, 0.1) is 0 Å². The van der Waals surface area contributed by atoms with Crippen molar-refractivity contribution >= 4 is 17.3 Å². The van der Waals surface area contributed by atoms with E-state index < -0.39 is 5.91 Å². The SMILES string of the molecule is CCCCCCC(C)Nc1ccc(N)cc1C(N)=O. The van der Waals surface area contributed by atoms with E-state index in [2.05, 4.69) is 19.2 Å². The summed E-state index contributed by atoms with van der Waals surface area (Å²) in [5, 5.41) is 3.34. The van der Waals surface area contributed by atoms with Gasteiger partial charge in [0.05, 0.1) is 5.56 Å². The maximum atomic E-state index is 11.4. The van der Waals surface area contributed by atoms with E-state index in [1.165, 1.54) is 25.7 Å². The second-order valence-corrected chi connectivity index (χ2v) is 5.06. The molecule has 0 fully saturated rings. The van der Waals surface area contributed by atoms with Crippen LogP contribution in [0.5, 0.6) is 0 Å². The third-order valence-electron chi connectivity index (χ3n) is 3.20. The Morgan fingerprint density at radius 2 is 2.05 bits per heavy atom. The number of nitrogens with two attached hydrogens (primary N) is 2. The average Bonchev–Trinajstić information content (AvgIpc) is 2.36. The van der Waals surface area contributed by atoms with Crippen LogP contribution in [0.1, 0.15) is 56.3 Å². The molecule has 1 aromatic carbocycles. The van der Waals surface area contributed by atoms with Gasteiger partial charge in [0, 0.05) is 17.4 Å². The molecule has 1 aromatic rings. The van der Waals surface area contributed by atoms with Gasteiger partial charge in [-0.25, -0.2) is 0 Å². The highest BCUT2D eigenvalue weighted by Crippen LogP contribution is 2.20. The molecular formula is C15H25N3O. The summed E-state index contributed by atoms with van der Waals surface area (Å²) in [6.45, 7) is 4.32. The van der Waals surface area contributed by atoms with Gasteiger partial charge in [-0.1, -0.05) is 32.6 Å². The molecule has 0 bridgehead atoms. The van der Waals surface area contributed by atoms with E-state index in [4.69, 9.17) is 11.5 Å². The summed E-state index contributed by atoms with van der Waals surface area (Å²) < 4.78 is 0. The van der Waals surface area contributed by atoms with E-state index in [1.54, 1.807) is 12.1 Å². The van der Waals surface area contributed by atoms with Crippen molar-refractivity contribution in [3.05, 3.63) is 23.8 Å². The van der Waals surface area contributed by atoms with Crippen molar-refractivity contribution < 1.29 is 4.79 Å². The van der Waals surface area contributed by atoms with E-state index in [0.29, 0.717) is 17.3 Å². The summed E-state index contributed by atoms with van der Waals surface area (Å²) in [5.74, 6) is -0.451. The van der Waals surface area contributed by atoms with Crippen LogP contribution in [0.3, 0.4) is 0 Å². The van der Waals surface area contributed by atoms with Gasteiger partial charge in [-0.2, -0.15) is 0 Å². The van der Waals surface area contributed by atoms with Crippen LogP contribution in [0.4, 0.5) is 11.4 Å². The first kappa shape index (κ1) is 15.3. The van der Waals surface area contributed by atoms with Crippen LogP contribution < -0.4 is 16.8 Å². The Morgan fingerprint density at radius 3 is 2.68 bits per heavy atom. The molecule has 1 atom stereocenters. The van der Waals surface area contributed by atoms with E-state index in [-0.39, 0.29) is 0 Å². The van der Waals surface area contributed by atoms with Gasteiger partial charge in [0.2, 0.25) is 0 Å². The van der Waals surface area contributed by atoms with Gasteiger partial charge >= 0.3 is 0 Å². The molecule has 0 aliphatic carbocycles. The Kier molecular flexibility index (Phi) is 6.19. The highest BCUT2D eigenvalue weighted by molar-refractivity contribution is 5.99. The Balaban J connectivity index is 2.58. The van der Waals surface area contributed by atoms with Gasteiger partial charge in [-0.15, -0.1) is 0 Å². The lowest BCUT2D eigenvalue weighted by Crippen LogP contribution is -2.20. The first-order valence-corrected chi connectivity index (χ1v) is 7.00. The van der Waals surface area contributed by atoms with Crippen LogP contribution in [0.15, 0.2) is 18.2 Å². The van der Waals surface area contributed by atoms with Gasteiger partial charge in [0.25, 0.3) is 5.91 Å². The van der Waals surface area contributed by atoms with Crippen molar-refractivity contribution in [1.82, 2.24) is 0 Å². The molecule has 1 rings (SSSR count). The lowest BCUT2D eigenvalue weighted by Gasteiger charge is -2.17. The maximum Gasteiger partial charge on any atom is 0.250 e. The quantitative estimate of drug-likeness (QED) is 0.498. The van der Waals surface area contributed by atoms with Crippen LogP contribution in [0.25, 0.3) is 0 Å². The minimum atomic E-state index is -0.451. The molecule has 0 aromatic heterocycles. The standard InChI is InChI=1S/C15H25N3O/c1-3-4-5-6-7-11(2)18-14-9-8-12(16)10-13(14)15(17)19/h8-11,18H,3-7,16H2,1-2H3,(H2,17,19). The lowest BCUT2D eigenvalue weighted by molar-refractivity contribution is 0.100. The zero-order valence-electron chi connectivity index (χ0n) is 11.9. The summed E-state index contributed by atoms with van der Waals surface area (Å²) >= 11 is 0. The molecule has 0 saturated heterocycles. The number of anilines is 2. The smallest absolute Gasteiger partial charge is 0.250 e. The molecule has 4 heteroatoms. The fraction of sp³-hybridized carbons (Fsp3) is 0.533. The number of amides is 1. The first-order valence-electron chi connectivity index (χ1n) is 7.00. The summed E-state index contributed by atoms with van der Waals surface area (Å²) in [6, 6.07) is 5.53. The van der Waals surface area contributed by atoms with Crippen molar-refractivity contribution in [2.45, 2.75) is 52.0 Å². The third kappa shape index (κ3) is 5.20. The van der Waals surface area contributed by atoms with E-state index in [9.17, 15) is 4.79 Å². The summed E-state index contributed by atoms with van der Waals surface area (Å²) in [5.41, 5.74) is 12.8. The fourth-order valence-corrected chi connectivity index (χ4v) is 2.11. The number of nitrogen functional groups attached to an aromatic ring is 1. The maximum absolute atomic E-state index is 11.4. The largest absolute Gasteiger partial charge is 0.399 e. The normalized spacial score (nSPS) is 12.1. The van der Waals surface area contributed by atoms with Crippen molar-refractivity contribution in [3.63, 3.8) is 0 Å². The Morgan fingerprint density at radius 1 is 1.32 bits per heavy atom. The van der Waals surface area contributed by atoms with Gasteiger partial charge in [0.15, 0.2) is 0 Å². The molecule has 4 nitrogen and oxygen atoms in total. The highest BCUT2D eigenvalue weighted by Gasteiger charge is 2.10. The monoisotopic (exact) mass is 263 g/mol. The van der Waals surface area contributed by atoms with Crippen molar-refractivity contribution in [2.75, 3.05) is 11.1 Å². The lowest BCUT2D eigenvalue weighted by atomic mass is 10.1. The zero-order valence-corrected chi connectivity index (χ0v) is 11.9. The van der Waals surface area contributed by atoms with E-state index >= 15 is 0 Å². The van der Waals surface area contributed by atoms with Crippen molar-refractivity contribution in [3.8, 4) is 0 Å². The molecule has 1 amide bonds. The Labute approximate surface area is 115 Å². The fourth-order valence-electron chi connectivity index (χ4n) is 2.11. The molecule has 0 heterocycles. The molecule has 1 unspecified atom stereocenters. The minimum absolute atomic E-state index is 0.318. The number of carbonyl (C=O) groups is 1. The van der Waals surface area contributed by atoms with Gasteiger partial charge < -0.3 is 16.8 Å². The molecule has 0 aliphatic rings. The molecule has 0 radical (unpaired) electrons. The highest BCUT2D eigenvalue weighted by atomic mass is 16.1. The molecule has 0 spiro atoms. The Hall–Kier alpha value is -1.71. The molecule has 106 valence electrons. The van der Waals surface area contributed by atoms with Crippen molar-refractivity contribution in [2.24, 2.45) is 5.73 Å². The number of hydrogen-bond donors (Lipinski definition) is 3. The van der Waals surface area contributed by atoms with Crippen LogP contribution >= 0.6 is 0 Å². The number of unbranched alkanes of at least 4 members (excludes halogenated alkanes) is 3. The van der Waals surface area contributed by atoms with Crippen LogP contribution in [-0.4, -0.2) is 11.9 Å². The minimum Gasteiger partial charge on any atom is -0.399 e. The van der Waals surface area contributed by atoms with E-state index in [1.807, 2.05) is 6.07 Å². The second kappa shape index (κ2) is 7.67. The molecule has 0 aliphatic heterocycles. The number of nitrogens with one attached hydrogen (secondary N) is 1. The van der Waals surface area contributed by atoms with Gasteiger partial charge in [-0.05, 0) is 31.5 Å². The van der Waals surface area contributed by atoms with E-state index in [0.717, 1.165) is 12.1 Å². The summed E-state index contributed by atoms with van der Waals surface area (Å²) in [7, 11) is 0. The zero-order chi connectivity index (χ0) is 14.3. The first-order chi connectivity index (χ1) is 9.04. The molecule has 5 N–H and O–H groups in total. The predicted molar refractivity (Wildman–Crippen MR) is 81.2 cm³/mol. The number of hydrogen-bond acceptors (Lipinski definition) is 3. The molecular weight excluding hydrogens is 238 g/mol. The van der Waals surface area contributed by atoms with Crippen molar-refractivity contribution in [1.29, 1.82) is 0 Å². The van der Waals surface area contributed by atoms with Crippen LogP contribution in [-0.2, 0) is 0 Å². The number of primary amides is 1. The second-order valence-electron chi connectivity index (χ2n) is 5.06. The third-order valence-corrected chi connectivity index (χ3v) is 3.20. The number of rotatable bonds is 8. The molecule has 19 heavy (non-hydrogen) atoms. The number of carbonyl (C=O) groups excluding carboxylic acids is 1. The summed E-state index contributed by atoms with van der Waals surface area (Å²) in [6.07, 6.45) is 6.06. The average molecular weight is 263 g/mol. The van der Waals surface area contributed by atoms with Crippen LogP contribution in [0.2, 0.25) is 0 Å². The van der Waals surface area contributed by atoms with Gasteiger partial charge in [-0.3, -0.25) is 4.79 Å². The topological polar surface area (TPSA) is 81.1 Å². The number of benzene rings is 1. The van der Waals surface area contributed by atoms with Gasteiger partial charge in [0.1, 0.15) is 0 Å². The summed E-state index contributed by atoms with van der Waals surface area (Å²) in [4.78, 5) is 11.4.